The molecule has 0 amide bonds. The van der Waals surface area contributed by atoms with Crippen LogP contribution in [0, 0.1) is 0 Å². The number of hydroxylamine groups is 1. The third kappa shape index (κ3) is 2.10. The van der Waals surface area contributed by atoms with Gasteiger partial charge in [0.05, 0.1) is 6.61 Å². The smallest absolute Gasteiger partial charge is 0.179 e. The van der Waals surface area contributed by atoms with Gasteiger partial charge in [0.1, 0.15) is 0 Å². The van der Waals surface area contributed by atoms with Gasteiger partial charge in [0.2, 0.25) is 0 Å². The van der Waals surface area contributed by atoms with Gasteiger partial charge in [-0.25, -0.2) is 0 Å². The highest BCUT2D eigenvalue weighted by Gasteiger charge is 1.89. The maximum atomic E-state index is 10.6. The highest BCUT2D eigenvalue weighted by molar-refractivity contribution is 5.99. The van der Waals surface area contributed by atoms with Crippen LogP contribution in [0.1, 0.15) is 0 Å². The summed E-state index contributed by atoms with van der Waals surface area (Å²) in [4.78, 5) is 15.3. The van der Waals surface area contributed by atoms with Crippen LogP contribution >= 0.6 is 0 Å². The Balaban J connectivity index is 2.55. The summed E-state index contributed by atoms with van der Waals surface area (Å²) in [5.41, 5.74) is 2.46. The third-order valence-corrected chi connectivity index (χ3v) is 0.861. The molecule has 0 saturated carbocycles. The van der Waals surface area contributed by atoms with Gasteiger partial charge in [0, 0.05) is 12.3 Å². The van der Waals surface area contributed by atoms with E-state index in [1.54, 1.807) is 6.08 Å². The van der Waals surface area contributed by atoms with E-state index in [-0.39, 0.29) is 5.78 Å². The molecule has 0 bridgehead atoms. The second kappa shape index (κ2) is 3.04. The van der Waals surface area contributed by atoms with E-state index in [0.717, 1.165) is 0 Å². The molecule has 9 heavy (non-hydrogen) atoms. The van der Waals surface area contributed by atoms with Crippen molar-refractivity contribution >= 4 is 5.78 Å². The SMILES string of the molecule is O=C1C=CNOC/C=C\1. The summed E-state index contributed by atoms with van der Waals surface area (Å²) in [6.45, 7) is 0.427. The Hall–Kier alpha value is -1.09. The standard InChI is InChI=1S/C6H7NO2/c8-6-2-1-5-9-7-4-3-6/h1-4,7H,5H2/b2-1-,4-3?. The molecule has 0 aromatic rings. The van der Waals surface area contributed by atoms with Gasteiger partial charge in [-0.2, -0.15) is 0 Å². The van der Waals surface area contributed by atoms with E-state index in [1.807, 2.05) is 0 Å². The van der Waals surface area contributed by atoms with E-state index >= 15 is 0 Å². The lowest BCUT2D eigenvalue weighted by Gasteiger charge is -1.98. The minimum atomic E-state index is -0.0224. The van der Waals surface area contributed by atoms with E-state index in [1.165, 1.54) is 18.4 Å². The van der Waals surface area contributed by atoms with E-state index in [0.29, 0.717) is 6.61 Å². The maximum Gasteiger partial charge on any atom is 0.179 e. The first-order valence-corrected chi connectivity index (χ1v) is 2.64. The predicted molar refractivity (Wildman–Crippen MR) is 32.4 cm³/mol. The Bertz CT molecular complexity index is 144. The average Bonchev–Trinajstić information content (AvgIpc) is 1.79. The molecule has 0 atom stereocenters. The number of rotatable bonds is 0. The van der Waals surface area contributed by atoms with Crippen molar-refractivity contribution in [2.75, 3.05) is 6.61 Å². The summed E-state index contributed by atoms with van der Waals surface area (Å²) in [6.07, 6.45) is 5.98. The molecule has 1 aliphatic heterocycles. The Kier molecular flexibility index (Phi) is 2.04. The quantitative estimate of drug-likeness (QED) is 0.501. The first-order valence-electron chi connectivity index (χ1n) is 2.64. The lowest BCUT2D eigenvalue weighted by Crippen LogP contribution is -2.09. The Morgan fingerprint density at radius 1 is 1.56 bits per heavy atom. The molecule has 1 aliphatic rings. The van der Waals surface area contributed by atoms with Crippen molar-refractivity contribution in [3.63, 3.8) is 0 Å². The number of carbonyl (C=O) groups is 1. The molecule has 0 aromatic carbocycles. The Morgan fingerprint density at radius 2 is 2.44 bits per heavy atom. The predicted octanol–water partition coefficient (Wildman–Crippen LogP) is 0.160. The second-order valence-corrected chi connectivity index (χ2v) is 1.57. The lowest BCUT2D eigenvalue weighted by atomic mass is 10.3. The number of carbonyl (C=O) groups excluding carboxylic acids is 1. The monoisotopic (exact) mass is 125 g/mol. The lowest BCUT2D eigenvalue weighted by molar-refractivity contribution is -0.110. The van der Waals surface area contributed by atoms with Crippen molar-refractivity contribution in [1.29, 1.82) is 0 Å². The van der Waals surface area contributed by atoms with Crippen molar-refractivity contribution in [2.24, 2.45) is 0 Å². The van der Waals surface area contributed by atoms with E-state index in [2.05, 4.69) is 5.48 Å². The molecule has 1 rings (SSSR count). The zero-order chi connectivity index (χ0) is 6.53. The fourth-order valence-corrected chi connectivity index (χ4v) is 0.480. The van der Waals surface area contributed by atoms with Crippen LogP contribution < -0.4 is 5.48 Å². The molecule has 0 fully saturated rings. The Morgan fingerprint density at radius 3 is 3.33 bits per heavy atom. The van der Waals surface area contributed by atoms with Gasteiger partial charge in [0.15, 0.2) is 5.78 Å². The first kappa shape index (κ1) is 6.04. The zero-order valence-corrected chi connectivity index (χ0v) is 4.83. The summed E-state index contributed by atoms with van der Waals surface area (Å²) in [5.74, 6) is -0.0224. The second-order valence-electron chi connectivity index (χ2n) is 1.57. The molecule has 0 radical (unpaired) electrons. The molecule has 48 valence electrons. The van der Waals surface area contributed by atoms with Crippen LogP contribution in [-0.2, 0) is 9.63 Å². The summed E-state index contributed by atoms with van der Waals surface area (Å²) in [7, 11) is 0. The highest BCUT2D eigenvalue weighted by atomic mass is 16.6. The van der Waals surface area contributed by atoms with E-state index < -0.39 is 0 Å². The minimum absolute atomic E-state index is 0.0224. The molecule has 3 nitrogen and oxygen atoms in total. The molecule has 1 heterocycles. The first-order chi connectivity index (χ1) is 4.39. The van der Waals surface area contributed by atoms with Crippen molar-refractivity contribution < 1.29 is 9.63 Å². The van der Waals surface area contributed by atoms with E-state index in [4.69, 9.17) is 4.84 Å². The summed E-state index contributed by atoms with van der Waals surface area (Å²) in [6, 6.07) is 0. The average molecular weight is 125 g/mol. The van der Waals surface area contributed by atoms with Gasteiger partial charge in [-0.05, 0) is 6.08 Å². The van der Waals surface area contributed by atoms with Crippen molar-refractivity contribution in [1.82, 2.24) is 5.48 Å². The number of nitrogens with one attached hydrogen (secondary N) is 1. The maximum absolute atomic E-state index is 10.6. The molecule has 1 N–H and O–H groups in total. The Labute approximate surface area is 53.0 Å². The van der Waals surface area contributed by atoms with Crippen LogP contribution in [0.15, 0.2) is 24.4 Å². The van der Waals surface area contributed by atoms with Crippen molar-refractivity contribution in [3.05, 3.63) is 24.4 Å². The van der Waals surface area contributed by atoms with Crippen LogP contribution in [0.25, 0.3) is 0 Å². The molecular formula is C6H7NO2. The number of ketones is 1. The normalized spacial score (nSPS) is 22.0. The number of hydrogen-bond acceptors (Lipinski definition) is 3. The van der Waals surface area contributed by atoms with Crippen LogP contribution in [0.5, 0.6) is 0 Å². The third-order valence-electron chi connectivity index (χ3n) is 0.861. The minimum Gasteiger partial charge on any atom is -0.290 e. The van der Waals surface area contributed by atoms with Gasteiger partial charge in [-0.3, -0.25) is 15.1 Å². The number of allylic oxidation sites excluding steroid dienone is 2. The zero-order valence-electron chi connectivity index (χ0n) is 4.83. The molecule has 0 aliphatic carbocycles. The summed E-state index contributed by atoms with van der Waals surface area (Å²) < 4.78 is 0. The topological polar surface area (TPSA) is 38.3 Å². The summed E-state index contributed by atoms with van der Waals surface area (Å²) >= 11 is 0. The highest BCUT2D eigenvalue weighted by Crippen LogP contribution is 1.84. The molecule has 0 spiro atoms. The molecular weight excluding hydrogens is 118 g/mol. The van der Waals surface area contributed by atoms with Crippen molar-refractivity contribution in [3.8, 4) is 0 Å². The van der Waals surface area contributed by atoms with E-state index in [9.17, 15) is 4.79 Å². The van der Waals surface area contributed by atoms with Gasteiger partial charge in [-0.1, -0.05) is 6.08 Å². The molecule has 0 unspecified atom stereocenters. The van der Waals surface area contributed by atoms with Crippen LogP contribution in [0.3, 0.4) is 0 Å². The van der Waals surface area contributed by atoms with Crippen LogP contribution in [0.4, 0.5) is 0 Å². The van der Waals surface area contributed by atoms with Gasteiger partial charge < -0.3 is 0 Å². The molecule has 0 saturated heterocycles. The fourth-order valence-electron chi connectivity index (χ4n) is 0.480. The molecule has 0 aromatic heterocycles. The van der Waals surface area contributed by atoms with Gasteiger partial charge >= 0.3 is 0 Å². The van der Waals surface area contributed by atoms with Gasteiger partial charge in [-0.15, -0.1) is 0 Å². The summed E-state index contributed by atoms with van der Waals surface area (Å²) in [5, 5.41) is 0. The molecule has 3 heteroatoms. The van der Waals surface area contributed by atoms with Crippen LogP contribution in [0.2, 0.25) is 0 Å². The van der Waals surface area contributed by atoms with Crippen molar-refractivity contribution in [2.45, 2.75) is 0 Å². The number of hydrogen-bond donors (Lipinski definition) is 1. The fraction of sp³-hybridized carbons (Fsp3) is 0.167. The largest absolute Gasteiger partial charge is 0.290 e. The van der Waals surface area contributed by atoms with Crippen LogP contribution in [-0.4, -0.2) is 12.4 Å². The van der Waals surface area contributed by atoms with Gasteiger partial charge in [0.25, 0.3) is 0 Å².